The van der Waals surface area contributed by atoms with E-state index >= 15 is 0 Å². The maximum absolute atomic E-state index is 8.76. The molecule has 0 fully saturated rings. The van der Waals surface area contributed by atoms with Gasteiger partial charge in [0, 0.05) is 6.15 Å². The van der Waals surface area contributed by atoms with Gasteiger partial charge in [0.1, 0.15) is 0 Å². The van der Waals surface area contributed by atoms with E-state index in [1.807, 2.05) is 12.1 Å². The summed E-state index contributed by atoms with van der Waals surface area (Å²) in [5, 5.41) is 8.76. The lowest BCUT2D eigenvalue weighted by Gasteiger charge is -2.37. The molecule has 0 saturated heterocycles. The molecule has 2 heteroatoms. The van der Waals surface area contributed by atoms with E-state index in [1.165, 1.54) is 24.4 Å². The molecule has 0 atom stereocenters. The van der Waals surface area contributed by atoms with Crippen molar-refractivity contribution < 1.29 is 0 Å². The van der Waals surface area contributed by atoms with Gasteiger partial charge in [-0.15, -0.1) is 0 Å². The van der Waals surface area contributed by atoms with E-state index in [-0.39, 0.29) is 0 Å². The highest BCUT2D eigenvalue weighted by atomic mass is 14.2. The summed E-state index contributed by atoms with van der Waals surface area (Å²) < 4.78 is 0. The molecule has 80 valence electrons. The minimum atomic E-state index is -0.393. The lowest BCUT2D eigenvalue weighted by molar-refractivity contribution is 1.19. The van der Waals surface area contributed by atoms with Crippen LogP contribution in [0.5, 0.6) is 0 Å². The molecule has 0 spiro atoms. The molecule has 0 unspecified atom stereocenters. The van der Waals surface area contributed by atoms with Gasteiger partial charge in [0.15, 0.2) is 0 Å². The summed E-state index contributed by atoms with van der Waals surface area (Å²) in [4.78, 5) is 0. The normalized spacial score (nSPS) is 11.1. The average molecular weight is 200 g/mol. The monoisotopic (exact) mass is 200 g/mol. The van der Waals surface area contributed by atoms with Crippen LogP contribution in [0.3, 0.4) is 0 Å². The van der Waals surface area contributed by atoms with Gasteiger partial charge in [0.25, 0.3) is 0 Å². The van der Waals surface area contributed by atoms with Crippen molar-refractivity contribution in [2.75, 3.05) is 0 Å². The molecule has 1 aromatic rings. The quantitative estimate of drug-likeness (QED) is 0.684. The first kappa shape index (κ1) is 11.8. The molecule has 0 amide bonds. The molecule has 1 rings (SSSR count). The molecule has 15 heavy (non-hydrogen) atoms. The van der Waals surface area contributed by atoms with Crippen molar-refractivity contribution in [1.29, 1.82) is 5.26 Å². The molecule has 0 aliphatic carbocycles. The Morgan fingerprint density at radius 1 is 1.00 bits per heavy atom. The molecular formula is C13H19BN-. The molecule has 0 bridgehead atoms. The molecule has 1 aromatic carbocycles. The molecule has 0 aliphatic rings. The van der Waals surface area contributed by atoms with E-state index in [9.17, 15) is 0 Å². The first-order valence-electron chi connectivity index (χ1n) is 5.93. The Hall–Kier alpha value is -1.23. The van der Waals surface area contributed by atoms with E-state index in [4.69, 9.17) is 5.26 Å². The van der Waals surface area contributed by atoms with Crippen molar-refractivity contribution in [3.8, 4) is 6.07 Å². The van der Waals surface area contributed by atoms with Crippen LogP contribution in [-0.2, 0) is 0 Å². The third-order valence-electron chi connectivity index (χ3n) is 4.09. The predicted molar refractivity (Wildman–Crippen MR) is 68.0 cm³/mol. The fourth-order valence-corrected chi connectivity index (χ4v) is 2.54. The first-order valence-corrected chi connectivity index (χ1v) is 5.93. The lowest BCUT2D eigenvalue weighted by atomic mass is 9.17. The zero-order valence-corrected chi connectivity index (χ0v) is 9.96. The fourth-order valence-electron chi connectivity index (χ4n) is 2.54. The molecular weight excluding hydrogens is 181 g/mol. The van der Waals surface area contributed by atoms with E-state index in [0.717, 1.165) is 5.56 Å². The number of rotatable bonds is 4. The standard InChI is InChI=1S/C13H19BN/c1-4-14(5-2,6-3)13-9-7-12(11-15)8-10-13/h7-10H,4-6H2,1-3H3/q-1. The molecule has 1 nitrogen and oxygen atoms in total. The van der Waals surface area contributed by atoms with Gasteiger partial charge in [0.05, 0.1) is 11.6 Å². The second-order valence-corrected chi connectivity index (χ2v) is 4.44. The molecule has 0 saturated carbocycles. The number of benzene rings is 1. The summed E-state index contributed by atoms with van der Waals surface area (Å²) in [7, 11) is 0. The smallest absolute Gasteiger partial charge is 0.0991 e. The van der Waals surface area contributed by atoms with Gasteiger partial charge in [0.2, 0.25) is 0 Å². The van der Waals surface area contributed by atoms with Crippen LogP contribution in [0.1, 0.15) is 26.3 Å². The van der Waals surface area contributed by atoms with Crippen LogP contribution in [0, 0.1) is 11.3 Å². The Balaban J connectivity index is 3.08. The average Bonchev–Trinajstić information content (AvgIpc) is 2.33. The Bertz CT molecular complexity index is 336. The zero-order valence-electron chi connectivity index (χ0n) is 9.96. The second-order valence-electron chi connectivity index (χ2n) is 4.44. The highest BCUT2D eigenvalue weighted by Crippen LogP contribution is 2.20. The third-order valence-corrected chi connectivity index (χ3v) is 4.09. The molecule has 0 heterocycles. The van der Waals surface area contributed by atoms with E-state index in [0.29, 0.717) is 0 Å². The summed E-state index contributed by atoms with van der Waals surface area (Å²) >= 11 is 0. The van der Waals surface area contributed by atoms with Gasteiger partial charge < -0.3 is 0 Å². The van der Waals surface area contributed by atoms with Crippen molar-refractivity contribution in [3.63, 3.8) is 0 Å². The largest absolute Gasteiger partial charge is 0.210 e. The maximum atomic E-state index is 8.76. The van der Waals surface area contributed by atoms with Gasteiger partial charge in [-0.3, -0.25) is 0 Å². The number of nitrogens with zero attached hydrogens (tertiary/aromatic N) is 1. The van der Waals surface area contributed by atoms with Crippen molar-refractivity contribution in [2.24, 2.45) is 0 Å². The van der Waals surface area contributed by atoms with Gasteiger partial charge in [-0.05, 0) is 12.1 Å². The van der Waals surface area contributed by atoms with Crippen molar-refractivity contribution in [1.82, 2.24) is 0 Å². The van der Waals surface area contributed by atoms with Gasteiger partial charge in [-0.25, -0.2) is 5.46 Å². The Labute approximate surface area is 93.0 Å². The van der Waals surface area contributed by atoms with Crippen molar-refractivity contribution in [3.05, 3.63) is 29.8 Å². The summed E-state index contributed by atoms with van der Waals surface area (Å²) in [6, 6.07) is 10.3. The van der Waals surface area contributed by atoms with Crippen molar-refractivity contribution >= 4 is 11.6 Å². The highest BCUT2D eigenvalue weighted by molar-refractivity contribution is 6.91. The van der Waals surface area contributed by atoms with E-state index in [2.05, 4.69) is 39.0 Å². The van der Waals surface area contributed by atoms with Crippen LogP contribution in [0.15, 0.2) is 24.3 Å². The third kappa shape index (κ3) is 2.23. The number of nitriles is 1. The van der Waals surface area contributed by atoms with Gasteiger partial charge >= 0.3 is 0 Å². The van der Waals surface area contributed by atoms with Crippen LogP contribution in [0.4, 0.5) is 0 Å². The molecule has 0 radical (unpaired) electrons. The first-order chi connectivity index (χ1) is 7.22. The van der Waals surface area contributed by atoms with Crippen LogP contribution in [0.25, 0.3) is 0 Å². The van der Waals surface area contributed by atoms with Crippen molar-refractivity contribution in [2.45, 2.75) is 39.7 Å². The Morgan fingerprint density at radius 2 is 1.47 bits per heavy atom. The summed E-state index contributed by atoms with van der Waals surface area (Å²) in [5.41, 5.74) is 2.19. The Morgan fingerprint density at radius 3 is 1.80 bits per heavy atom. The minimum Gasteiger partial charge on any atom is -0.210 e. The fraction of sp³-hybridized carbons (Fsp3) is 0.462. The summed E-state index contributed by atoms with van der Waals surface area (Å²) in [5.74, 6) is 0. The minimum absolute atomic E-state index is 0.393. The lowest BCUT2D eigenvalue weighted by Crippen LogP contribution is -2.45. The Kier molecular flexibility index (Phi) is 3.97. The van der Waals surface area contributed by atoms with E-state index < -0.39 is 6.15 Å². The molecule has 0 aliphatic heterocycles. The molecule has 0 N–H and O–H groups in total. The summed E-state index contributed by atoms with van der Waals surface area (Å²) in [6.45, 7) is 6.81. The SMILES string of the molecule is CC[B-](CC)(CC)c1ccc(C#N)cc1. The van der Waals surface area contributed by atoms with Gasteiger partial charge in [-0.1, -0.05) is 32.9 Å². The van der Waals surface area contributed by atoms with Gasteiger partial charge in [-0.2, -0.15) is 24.2 Å². The van der Waals surface area contributed by atoms with Crippen LogP contribution in [-0.4, -0.2) is 6.15 Å². The topological polar surface area (TPSA) is 23.8 Å². The number of hydrogen-bond acceptors (Lipinski definition) is 1. The summed E-state index contributed by atoms with van der Waals surface area (Å²) in [6.07, 6.45) is 3.27. The maximum Gasteiger partial charge on any atom is 0.0991 e. The zero-order chi connectivity index (χ0) is 11.3. The molecule has 0 aromatic heterocycles. The second kappa shape index (κ2) is 5.02. The predicted octanol–water partition coefficient (Wildman–Crippen LogP) is 3.27. The number of hydrogen-bond donors (Lipinski definition) is 0. The van der Waals surface area contributed by atoms with Crippen LogP contribution >= 0.6 is 0 Å². The van der Waals surface area contributed by atoms with E-state index in [1.54, 1.807) is 0 Å². The highest BCUT2D eigenvalue weighted by Gasteiger charge is 2.19. The van der Waals surface area contributed by atoms with Crippen LogP contribution in [0.2, 0.25) is 19.0 Å². The van der Waals surface area contributed by atoms with Crippen LogP contribution < -0.4 is 5.46 Å².